The number of anilines is 1. The Morgan fingerprint density at radius 2 is 2.12 bits per heavy atom. The van der Waals surface area contributed by atoms with Crippen molar-refractivity contribution in [2.75, 3.05) is 5.32 Å². The zero-order valence-corrected chi connectivity index (χ0v) is 14.4. The number of aromatic nitrogens is 2. The van der Waals surface area contributed by atoms with Gasteiger partial charge in [-0.25, -0.2) is 9.97 Å². The maximum atomic E-state index is 6.31. The molecule has 0 spiro atoms. The summed E-state index contributed by atoms with van der Waals surface area (Å²) in [5, 5.41) is 10.2. The van der Waals surface area contributed by atoms with Crippen LogP contribution >= 0.6 is 23.4 Å². The molecule has 2 aliphatic rings. The smallest absolute Gasteiger partial charge is 0.223 e. The van der Waals surface area contributed by atoms with E-state index in [-0.39, 0.29) is 0 Å². The van der Waals surface area contributed by atoms with Crippen molar-refractivity contribution in [2.45, 2.75) is 18.9 Å². The number of thioether (sulfide) groups is 1. The molecule has 0 unspecified atom stereocenters. The van der Waals surface area contributed by atoms with Crippen LogP contribution in [0.1, 0.15) is 24.1 Å². The molecular weight excluding hydrogens is 342 g/mol. The number of halogens is 1. The fraction of sp³-hybridized carbons (Fsp3) is 0.176. The van der Waals surface area contributed by atoms with Gasteiger partial charge in [-0.1, -0.05) is 41.6 Å². The molecule has 1 fully saturated rings. The van der Waals surface area contributed by atoms with E-state index in [1.54, 1.807) is 6.20 Å². The molecule has 0 bridgehead atoms. The molecule has 24 heavy (non-hydrogen) atoms. The first-order valence-corrected chi connectivity index (χ1v) is 8.95. The lowest BCUT2D eigenvalue weighted by molar-refractivity contribution is 1.04. The van der Waals surface area contributed by atoms with Gasteiger partial charge in [0, 0.05) is 28.2 Å². The van der Waals surface area contributed by atoms with E-state index in [2.05, 4.69) is 20.6 Å². The van der Waals surface area contributed by atoms with Gasteiger partial charge in [0.1, 0.15) is 5.03 Å². The summed E-state index contributed by atoms with van der Waals surface area (Å²) in [6, 6.07) is 10.0. The third kappa shape index (κ3) is 3.20. The van der Waals surface area contributed by atoms with E-state index in [0.29, 0.717) is 28.4 Å². The zero-order chi connectivity index (χ0) is 16.5. The Labute approximate surface area is 149 Å². The van der Waals surface area contributed by atoms with E-state index in [9.17, 15) is 0 Å². The third-order valence-electron chi connectivity index (χ3n) is 3.79. The van der Waals surface area contributed by atoms with Crippen LogP contribution in [0.25, 0.3) is 11.4 Å². The molecule has 122 valence electrons. The van der Waals surface area contributed by atoms with Crippen molar-refractivity contribution in [2.24, 2.45) is 5.73 Å². The number of nitrogens with zero attached hydrogens (tertiary/aromatic N) is 2. The Hall–Kier alpha value is -2.18. The summed E-state index contributed by atoms with van der Waals surface area (Å²) < 4.78 is 0. The number of benzene rings is 1. The topological polar surface area (TPSA) is 75.9 Å². The van der Waals surface area contributed by atoms with Gasteiger partial charge in [0.25, 0.3) is 0 Å². The maximum absolute atomic E-state index is 6.31. The van der Waals surface area contributed by atoms with E-state index in [1.165, 1.54) is 24.6 Å². The minimum absolute atomic E-state index is 0.501. The van der Waals surface area contributed by atoms with Crippen molar-refractivity contribution < 1.29 is 0 Å². The van der Waals surface area contributed by atoms with E-state index in [0.717, 1.165) is 16.3 Å². The predicted octanol–water partition coefficient (Wildman–Crippen LogP) is 3.62. The predicted molar refractivity (Wildman–Crippen MR) is 99.9 cm³/mol. The van der Waals surface area contributed by atoms with Gasteiger partial charge < -0.3 is 16.4 Å². The molecule has 0 saturated heterocycles. The molecule has 5 nitrogen and oxygen atoms in total. The molecule has 4 N–H and O–H groups in total. The number of hydrogen-bond acceptors (Lipinski definition) is 6. The zero-order valence-electron chi connectivity index (χ0n) is 12.8. The number of nitrogens with two attached hydrogens (primary N) is 1. The molecular formula is C17H16ClN5S. The van der Waals surface area contributed by atoms with Crippen molar-refractivity contribution in [3.05, 3.63) is 63.2 Å². The van der Waals surface area contributed by atoms with Crippen LogP contribution < -0.4 is 16.4 Å². The molecule has 4 rings (SSSR count). The van der Waals surface area contributed by atoms with Gasteiger partial charge in [0.2, 0.25) is 5.95 Å². The third-order valence-corrected chi connectivity index (χ3v) is 5.03. The fourth-order valence-electron chi connectivity index (χ4n) is 2.35. The lowest BCUT2D eigenvalue weighted by atomic mass is 10.2. The van der Waals surface area contributed by atoms with Crippen LogP contribution in [0.15, 0.2) is 47.0 Å². The van der Waals surface area contributed by atoms with Gasteiger partial charge in [-0.05, 0) is 25.0 Å². The van der Waals surface area contributed by atoms with Gasteiger partial charge in [0.05, 0.1) is 17.1 Å². The van der Waals surface area contributed by atoms with Crippen molar-refractivity contribution in [3.63, 3.8) is 0 Å². The van der Waals surface area contributed by atoms with E-state index < -0.39 is 0 Å². The molecule has 1 aromatic carbocycles. The van der Waals surface area contributed by atoms with E-state index in [1.807, 2.05) is 35.7 Å². The molecule has 7 heteroatoms. The lowest BCUT2D eigenvalue weighted by Gasteiger charge is -2.10. The SMILES string of the molecule is N/C(=C1\NC(c2ccccc2Cl)=CS1)c1ccnc(NC2CC2)n1. The van der Waals surface area contributed by atoms with Crippen molar-refractivity contribution in [1.29, 1.82) is 0 Å². The Morgan fingerprint density at radius 1 is 1.29 bits per heavy atom. The summed E-state index contributed by atoms with van der Waals surface area (Å²) in [4.78, 5) is 8.75. The standard InChI is InChI=1S/C17H16ClN5S/c18-12-4-2-1-3-11(12)14-9-24-16(22-14)15(19)13-7-8-20-17(23-13)21-10-5-6-10/h1-4,7-10,22H,5-6,19H2,(H,20,21,23)/b16-15+. The largest absolute Gasteiger partial charge is 0.395 e. The second kappa shape index (κ2) is 6.37. The number of hydrogen-bond donors (Lipinski definition) is 3. The lowest BCUT2D eigenvalue weighted by Crippen LogP contribution is -2.13. The summed E-state index contributed by atoms with van der Waals surface area (Å²) >= 11 is 7.79. The molecule has 0 amide bonds. The Kier molecular flexibility index (Phi) is 4.08. The maximum Gasteiger partial charge on any atom is 0.223 e. The minimum atomic E-state index is 0.501. The van der Waals surface area contributed by atoms with E-state index >= 15 is 0 Å². The molecule has 2 aromatic rings. The summed E-state index contributed by atoms with van der Waals surface area (Å²) in [7, 11) is 0. The minimum Gasteiger partial charge on any atom is -0.395 e. The summed E-state index contributed by atoms with van der Waals surface area (Å²) in [5.74, 6) is 0.626. The van der Waals surface area contributed by atoms with Gasteiger partial charge >= 0.3 is 0 Å². The molecule has 0 radical (unpaired) electrons. The summed E-state index contributed by atoms with van der Waals surface area (Å²) in [6.07, 6.45) is 4.07. The highest BCUT2D eigenvalue weighted by atomic mass is 35.5. The molecule has 1 aliphatic heterocycles. The molecule has 1 saturated carbocycles. The van der Waals surface area contributed by atoms with E-state index in [4.69, 9.17) is 17.3 Å². The van der Waals surface area contributed by atoms with Gasteiger partial charge in [0.15, 0.2) is 0 Å². The van der Waals surface area contributed by atoms with Gasteiger partial charge in [-0.3, -0.25) is 0 Å². The average Bonchev–Trinajstić information content (AvgIpc) is 3.27. The monoisotopic (exact) mass is 357 g/mol. The first-order valence-electron chi connectivity index (χ1n) is 7.69. The quantitative estimate of drug-likeness (QED) is 0.775. The Morgan fingerprint density at radius 3 is 2.92 bits per heavy atom. The Bertz CT molecular complexity index is 844. The normalized spacial score (nSPS) is 18.8. The van der Waals surface area contributed by atoms with Crippen molar-refractivity contribution in [3.8, 4) is 0 Å². The molecule has 1 aliphatic carbocycles. The Balaban J connectivity index is 1.56. The molecule has 1 aromatic heterocycles. The summed E-state index contributed by atoms with van der Waals surface area (Å²) in [6.45, 7) is 0. The molecule has 2 heterocycles. The van der Waals surface area contributed by atoms with Crippen LogP contribution in [0.5, 0.6) is 0 Å². The highest BCUT2D eigenvalue weighted by Crippen LogP contribution is 2.35. The van der Waals surface area contributed by atoms with Crippen molar-refractivity contribution in [1.82, 2.24) is 15.3 Å². The average molecular weight is 358 g/mol. The second-order valence-electron chi connectivity index (χ2n) is 5.68. The van der Waals surface area contributed by atoms with Crippen LogP contribution in [0.4, 0.5) is 5.95 Å². The van der Waals surface area contributed by atoms with Gasteiger partial charge in [-0.2, -0.15) is 0 Å². The van der Waals surface area contributed by atoms with Crippen molar-refractivity contribution >= 4 is 40.7 Å². The highest BCUT2D eigenvalue weighted by molar-refractivity contribution is 8.06. The summed E-state index contributed by atoms with van der Waals surface area (Å²) in [5.41, 5.74) is 9.50. The van der Waals surface area contributed by atoms with Crippen LogP contribution in [-0.4, -0.2) is 16.0 Å². The second-order valence-corrected chi connectivity index (χ2v) is 6.97. The van der Waals surface area contributed by atoms with Gasteiger partial charge in [-0.15, -0.1) is 0 Å². The first kappa shape index (κ1) is 15.4. The highest BCUT2D eigenvalue weighted by Gasteiger charge is 2.22. The number of rotatable bonds is 4. The fourth-order valence-corrected chi connectivity index (χ4v) is 3.40. The van der Waals surface area contributed by atoms with Crippen LogP contribution in [-0.2, 0) is 0 Å². The van der Waals surface area contributed by atoms with Crippen LogP contribution in [0.3, 0.4) is 0 Å². The van der Waals surface area contributed by atoms with Crippen LogP contribution in [0, 0.1) is 0 Å². The van der Waals surface area contributed by atoms with Crippen LogP contribution in [0.2, 0.25) is 5.02 Å². The number of nitrogens with one attached hydrogen (secondary N) is 2. The molecule has 0 atom stereocenters. The first-order chi connectivity index (χ1) is 11.7.